The van der Waals surface area contributed by atoms with Crippen molar-refractivity contribution < 1.29 is 0 Å². The van der Waals surface area contributed by atoms with Gasteiger partial charge in [0.25, 0.3) is 0 Å². The zero-order valence-corrected chi connectivity index (χ0v) is 10.4. The van der Waals surface area contributed by atoms with Gasteiger partial charge in [-0.1, -0.05) is 6.58 Å². The Morgan fingerprint density at radius 2 is 2.28 bits per heavy atom. The number of aromatic amines is 1. The predicted octanol–water partition coefficient (Wildman–Crippen LogP) is 1.24. The van der Waals surface area contributed by atoms with Gasteiger partial charge in [-0.3, -0.25) is 10.1 Å². The molecule has 0 atom stereocenters. The van der Waals surface area contributed by atoms with Gasteiger partial charge in [0.2, 0.25) is 5.96 Å². The molecule has 0 fully saturated rings. The van der Waals surface area contributed by atoms with Crippen molar-refractivity contribution in [3.63, 3.8) is 0 Å². The van der Waals surface area contributed by atoms with E-state index >= 15 is 0 Å². The first-order chi connectivity index (χ1) is 8.72. The molecule has 94 valence electrons. The molecule has 1 aromatic carbocycles. The van der Waals surface area contributed by atoms with Gasteiger partial charge >= 0.3 is 0 Å². The molecule has 0 unspecified atom stereocenters. The second-order valence-corrected chi connectivity index (χ2v) is 3.72. The number of nitrogens with zero attached hydrogens (tertiary/aromatic N) is 2. The van der Waals surface area contributed by atoms with Crippen LogP contribution in [0.15, 0.2) is 41.8 Å². The number of hydrogen-bond acceptors (Lipinski definition) is 3. The number of rotatable bonds is 3. The summed E-state index contributed by atoms with van der Waals surface area (Å²) in [6, 6.07) is 5.92. The highest BCUT2D eigenvalue weighted by Gasteiger charge is 2.02. The third kappa shape index (κ3) is 2.60. The second kappa shape index (κ2) is 5.22. The van der Waals surface area contributed by atoms with Crippen LogP contribution < -0.4 is 16.0 Å². The van der Waals surface area contributed by atoms with Crippen molar-refractivity contribution in [3.8, 4) is 0 Å². The normalized spacial score (nSPS) is 11.3. The Bertz CT molecular complexity index is 583. The Hall–Kier alpha value is -2.50. The molecule has 0 aliphatic carbocycles. The average Bonchev–Trinajstić information content (AvgIpc) is 2.85. The molecule has 18 heavy (non-hydrogen) atoms. The van der Waals surface area contributed by atoms with Crippen LogP contribution in [0, 0.1) is 0 Å². The highest BCUT2D eigenvalue weighted by molar-refractivity contribution is 5.96. The minimum absolute atomic E-state index is 0.619. The van der Waals surface area contributed by atoms with Crippen molar-refractivity contribution in [2.75, 3.05) is 19.4 Å². The van der Waals surface area contributed by atoms with E-state index in [1.807, 2.05) is 18.2 Å². The molecule has 0 amide bonds. The summed E-state index contributed by atoms with van der Waals surface area (Å²) in [6.07, 6.45) is 1.79. The van der Waals surface area contributed by atoms with Gasteiger partial charge in [-0.2, -0.15) is 5.10 Å². The summed E-state index contributed by atoms with van der Waals surface area (Å²) in [5, 5.41) is 17.1. The summed E-state index contributed by atoms with van der Waals surface area (Å²) >= 11 is 0. The lowest BCUT2D eigenvalue weighted by atomic mass is 10.2. The third-order valence-corrected chi connectivity index (χ3v) is 2.50. The van der Waals surface area contributed by atoms with Crippen LogP contribution >= 0.6 is 0 Å². The van der Waals surface area contributed by atoms with Crippen LogP contribution in [-0.4, -0.2) is 30.3 Å². The van der Waals surface area contributed by atoms with Gasteiger partial charge in [-0.05, 0) is 18.2 Å². The standard InChI is InChI=1S/C12H16N6/c1-8(13-2)16-12(14-3)17-10-5-4-9-7-15-18-11(9)6-10/h4-7,13H,1H2,2-3H3,(H,15,18)(H2,14,16,17). The van der Waals surface area contributed by atoms with Crippen molar-refractivity contribution in [2.24, 2.45) is 4.99 Å². The van der Waals surface area contributed by atoms with Crippen molar-refractivity contribution in [1.82, 2.24) is 20.8 Å². The average molecular weight is 244 g/mol. The van der Waals surface area contributed by atoms with E-state index in [0.717, 1.165) is 16.6 Å². The van der Waals surface area contributed by atoms with Crippen molar-refractivity contribution >= 4 is 22.5 Å². The zero-order chi connectivity index (χ0) is 13.0. The number of aromatic nitrogens is 2. The molecular weight excluding hydrogens is 228 g/mol. The van der Waals surface area contributed by atoms with Crippen LogP contribution in [0.1, 0.15) is 0 Å². The van der Waals surface area contributed by atoms with Crippen LogP contribution in [0.25, 0.3) is 10.9 Å². The van der Waals surface area contributed by atoms with Crippen LogP contribution in [0.3, 0.4) is 0 Å². The predicted molar refractivity (Wildman–Crippen MR) is 74.4 cm³/mol. The van der Waals surface area contributed by atoms with Crippen molar-refractivity contribution in [1.29, 1.82) is 0 Å². The lowest BCUT2D eigenvalue weighted by molar-refractivity contribution is 0.900. The summed E-state index contributed by atoms with van der Waals surface area (Å²) in [6.45, 7) is 3.79. The first-order valence-corrected chi connectivity index (χ1v) is 5.53. The molecule has 0 spiro atoms. The summed E-state index contributed by atoms with van der Waals surface area (Å²) in [7, 11) is 3.49. The minimum atomic E-state index is 0.619. The first-order valence-electron chi connectivity index (χ1n) is 5.53. The van der Waals surface area contributed by atoms with Gasteiger partial charge in [-0.25, -0.2) is 0 Å². The third-order valence-electron chi connectivity index (χ3n) is 2.50. The Labute approximate surface area is 105 Å². The van der Waals surface area contributed by atoms with E-state index < -0.39 is 0 Å². The molecule has 4 N–H and O–H groups in total. The molecule has 2 rings (SSSR count). The quantitative estimate of drug-likeness (QED) is 0.484. The number of hydrogen-bond donors (Lipinski definition) is 4. The maximum absolute atomic E-state index is 4.11. The van der Waals surface area contributed by atoms with Gasteiger partial charge in [-0.15, -0.1) is 0 Å². The number of H-pyrrole nitrogens is 1. The van der Waals surface area contributed by atoms with Gasteiger partial charge in [0, 0.05) is 25.2 Å². The topological polar surface area (TPSA) is 77.1 Å². The van der Waals surface area contributed by atoms with Crippen LogP contribution in [0.4, 0.5) is 5.69 Å². The fourth-order valence-corrected chi connectivity index (χ4v) is 1.50. The fourth-order valence-electron chi connectivity index (χ4n) is 1.50. The van der Waals surface area contributed by atoms with E-state index in [1.165, 1.54) is 0 Å². The first kappa shape index (κ1) is 12.0. The summed E-state index contributed by atoms with van der Waals surface area (Å²) in [5.74, 6) is 1.29. The number of benzene rings is 1. The lowest BCUT2D eigenvalue weighted by Crippen LogP contribution is -2.34. The monoisotopic (exact) mass is 244 g/mol. The summed E-state index contributed by atoms with van der Waals surface area (Å²) < 4.78 is 0. The Balaban J connectivity index is 2.13. The van der Waals surface area contributed by atoms with E-state index in [-0.39, 0.29) is 0 Å². The molecule has 0 saturated carbocycles. The molecule has 6 nitrogen and oxygen atoms in total. The number of guanidine groups is 1. The number of aliphatic imine (C=N–C) groups is 1. The molecule has 0 radical (unpaired) electrons. The Morgan fingerprint density at radius 3 is 3.00 bits per heavy atom. The lowest BCUT2D eigenvalue weighted by Gasteiger charge is -2.13. The maximum atomic E-state index is 4.11. The zero-order valence-electron chi connectivity index (χ0n) is 10.4. The highest BCUT2D eigenvalue weighted by Crippen LogP contribution is 2.16. The fraction of sp³-hybridized carbons (Fsp3) is 0.167. The number of nitrogens with one attached hydrogen (secondary N) is 4. The maximum Gasteiger partial charge on any atom is 0.201 e. The molecule has 1 aromatic heterocycles. The summed E-state index contributed by atoms with van der Waals surface area (Å²) in [4.78, 5) is 4.11. The van der Waals surface area contributed by atoms with Gasteiger partial charge in [0.1, 0.15) is 0 Å². The number of anilines is 1. The van der Waals surface area contributed by atoms with Crippen LogP contribution in [0.5, 0.6) is 0 Å². The smallest absolute Gasteiger partial charge is 0.201 e. The van der Waals surface area contributed by atoms with Crippen LogP contribution in [-0.2, 0) is 0 Å². The second-order valence-electron chi connectivity index (χ2n) is 3.72. The van der Waals surface area contributed by atoms with E-state index in [2.05, 4.69) is 37.7 Å². The van der Waals surface area contributed by atoms with E-state index in [1.54, 1.807) is 20.3 Å². The van der Waals surface area contributed by atoms with Gasteiger partial charge < -0.3 is 16.0 Å². The van der Waals surface area contributed by atoms with Crippen LogP contribution in [0.2, 0.25) is 0 Å². The van der Waals surface area contributed by atoms with Gasteiger partial charge in [0.05, 0.1) is 17.5 Å². The molecule has 0 aliphatic rings. The van der Waals surface area contributed by atoms with E-state index in [9.17, 15) is 0 Å². The molecule has 1 heterocycles. The molecule has 6 heteroatoms. The largest absolute Gasteiger partial charge is 0.375 e. The number of fused-ring (bicyclic) bond motifs is 1. The molecule has 0 saturated heterocycles. The molecule has 2 aromatic rings. The Kier molecular flexibility index (Phi) is 3.47. The molecule has 0 bridgehead atoms. The SMILES string of the molecule is C=C(NC)NC(=NC)Nc1ccc2cn[nH]c2c1. The van der Waals surface area contributed by atoms with E-state index in [4.69, 9.17) is 0 Å². The van der Waals surface area contributed by atoms with Crippen molar-refractivity contribution in [3.05, 3.63) is 36.8 Å². The minimum Gasteiger partial charge on any atom is -0.375 e. The highest BCUT2D eigenvalue weighted by atomic mass is 15.2. The summed E-state index contributed by atoms with van der Waals surface area (Å²) in [5.41, 5.74) is 1.90. The molecule has 0 aliphatic heterocycles. The van der Waals surface area contributed by atoms with Crippen molar-refractivity contribution in [2.45, 2.75) is 0 Å². The Morgan fingerprint density at radius 1 is 1.44 bits per heavy atom. The van der Waals surface area contributed by atoms with E-state index in [0.29, 0.717) is 11.8 Å². The molecular formula is C12H16N6. The van der Waals surface area contributed by atoms with Gasteiger partial charge in [0.15, 0.2) is 0 Å².